The van der Waals surface area contributed by atoms with Crippen LogP contribution in [0.3, 0.4) is 0 Å². The van der Waals surface area contributed by atoms with E-state index in [1.54, 1.807) is 12.1 Å². The average Bonchev–Trinajstić information content (AvgIpc) is 2.55. The lowest BCUT2D eigenvalue weighted by Gasteiger charge is -2.11. The standard InChI is InChI=1S/C18H20N2O4/c1-12-3-8-16(13(2)9-12)24-11-20-18(23)19-10-14-4-6-15(7-5-14)17(21)22/h3-9H,10-11H2,1-2H3,(H,21,22)(H2,19,20,23). The van der Waals surface area contributed by atoms with Crippen LogP contribution in [0.1, 0.15) is 27.0 Å². The number of aryl methyl sites for hydroxylation is 2. The summed E-state index contributed by atoms with van der Waals surface area (Å²) in [4.78, 5) is 22.5. The molecule has 0 radical (unpaired) electrons. The Morgan fingerprint density at radius 3 is 2.38 bits per heavy atom. The summed E-state index contributed by atoms with van der Waals surface area (Å²) in [6.07, 6.45) is 0. The minimum absolute atomic E-state index is 0.0632. The van der Waals surface area contributed by atoms with Gasteiger partial charge < -0.3 is 20.5 Å². The number of carbonyl (C=O) groups excluding carboxylic acids is 1. The molecule has 0 bridgehead atoms. The first-order valence-electron chi connectivity index (χ1n) is 7.49. The van der Waals surface area contributed by atoms with E-state index in [0.717, 1.165) is 22.4 Å². The van der Waals surface area contributed by atoms with Crippen molar-refractivity contribution in [2.75, 3.05) is 6.73 Å². The van der Waals surface area contributed by atoms with E-state index < -0.39 is 5.97 Å². The molecule has 0 fully saturated rings. The van der Waals surface area contributed by atoms with Crippen LogP contribution < -0.4 is 15.4 Å². The lowest BCUT2D eigenvalue weighted by atomic mass is 10.1. The molecular weight excluding hydrogens is 308 g/mol. The predicted molar refractivity (Wildman–Crippen MR) is 90.2 cm³/mol. The summed E-state index contributed by atoms with van der Waals surface area (Å²) in [5.41, 5.74) is 3.19. The van der Waals surface area contributed by atoms with E-state index in [-0.39, 0.29) is 18.3 Å². The van der Waals surface area contributed by atoms with E-state index in [9.17, 15) is 9.59 Å². The number of ether oxygens (including phenoxy) is 1. The molecule has 0 saturated heterocycles. The van der Waals surface area contributed by atoms with Crippen molar-refractivity contribution in [1.82, 2.24) is 10.6 Å². The maximum atomic E-state index is 11.7. The zero-order valence-corrected chi connectivity index (χ0v) is 13.6. The highest BCUT2D eigenvalue weighted by Crippen LogP contribution is 2.18. The number of hydrogen-bond acceptors (Lipinski definition) is 3. The van der Waals surface area contributed by atoms with Gasteiger partial charge in [-0.05, 0) is 43.2 Å². The van der Waals surface area contributed by atoms with Crippen molar-refractivity contribution < 1.29 is 19.4 Å². The van der Waals surface area contributed by atoms with Crippen LogP contribution >= 0.6 is 0 Å². The number of benzene rings is 2. The Morgan fingerprint density at radius 1 is 1.04 bits per heavy atom. The van der Waals surface area contributed by atoms with Gasteiger partial charge in [0.1, 0.15) is 5.75 Å². The van der Waals surface area contributed by atoms with Crippen molar-refractivity contribution in [2.45, 2.75) is 20.4 Å². The van der Waals surface area contributed by atoms with Crippen molar-refractivity contribution >= 4 is 12.0 Å². The minimum atomic E-state index is -0.976. The second kappa shape index (κ2) is 8.01. The lowest BCUT2D eigenvalue weighted by molar-refractivity contribution is 0.0697. The monoisotopic (exact) mass is 328 g/mol. The molecule has 0 saturated carbocycles. The Morgan fingerprint density at radius 2 is 1.75 bits per heavy atom. The quantitative estimate of drug-likeness (QED) is 0.712. The summed E-state index contributed by atoms with van der Waals surface area (Å²) < 4.78 is 5.52. The van der Waals surface area contributed by atoms with Gasteiger partial charge in [-0.2, -0.15) is 0 Å². The van der Waals surface area contributed by atoms with Crippen LogP contribution in [0.5, 0.6) is 5.75 Å². The van der Waals surface area contributed by atoms with Crippen molar-refractivity contribution in [3.8, 4) is 5.75 Å². The summed E-state index contributed by atoms with van der Waals surface area (Å²) in [7, 11) is 0. The van der Waals surface area contributed by atoms with E-state index in [0.29, 0.717) is 6.54 Å². The van der Waals surface area contributed by atoms with Gasteiger partial charge in [0.2, 0.25) is 0 Å². The second-order valence-corrected chi connectivity index (χ2v) is 5.42. The fourth-order valence-corrected chi connectivity index (χ4v) is 2.15. The van der Waals surface area contributed by atoms with E-state index in [1.165, 1.54) is 12.1 Å². The van der Waals surface area contributed by atoms with Gasteiger partial charge in [0.05, 0.1) is 5.56 Å². The number of hydrogen-bond donors (Lipinski definition) is 3. The SMILES string of the molecule is Cc1ccc(OCNC(=O)NCc2ccc(C(=O)O)cc2)c(C)c1. The minimum Gasteiger partial charge on any atom is -0.478 e. The van der Waals surface area contributed by atoms with E-state index >= 15 is 0 Å². The zero-order valence-electron chi connectivity index (χ0n) is 13.6. The van der Waals surface area contributed by atoms with Crippen LogP contribution in [0.15, 0.2) is 42.5 Å². The molecule has 126 valence electrons. The van der Waals surface area contributed by atoms with E-state index in [2.05, 4.69) is 10.6 Å². The van der Waals surface area contributed by atoms with Gasteiger partial charge in [0.15, 0.2) is 6.73 Å². The number of carboxylic acids is 1. The number of urea groups is 1. The van der Waals surface area contributed by atoms with Crippen LogP contribution in [0.2, 0.25) is 0 Å². The Balaban J connectivity index is 1.74. The maximum Gasteiger partial charge on any atom is 0.335 e. The van der Waals surface area contributed by atoms with Gasteiger partial charge in [-0.3, -0.25) is 0 Å². The molecule has 0 aliphatic rings. The number of carbonyl (C=O) groups is 2. The molecule has 0 unspecified atom stereocenters. The molecular formula is C18H20N2O4. The molecule has 0 aliphatic heterocycles. The predicted octanol–water partition coefficient (Wildman–Crippen LogP) is 2.84. The topological polar surface area (TPSA) is 87.7 Å². The fourth-order valence-electron chi connectivity index (χ4n) is 2.15. The van der Waals surface area contributed by atoms with Gasteiger partial charge in [0, 0.05) is 6.54 Å². The first kappa shape index (κ1) is 17.3. The van der Waals surface area contributed by atoms with E-state index in [4.69, 9.17) is 9.84 Å². The second-order valence-electron chi connectivity index (χ2n) is 5.42. The van der Waals surface area contributed by atoms with Gasteiger partial charge in [-0.1, -0.05) is 29.8 Å². The molecule has 0 atom stereocenters. The third-order valence-corrected chi connectivity index (χ3v) is 3.44. The number of rotatable bonds is 6. The van der Waals surface area contributed by atoms with Crippen molar-refractivity contribution in [3.05, 3.63) is 64.7 Å². The molecule has 2 rings (SSSR count). The number of nitrogens with one attached hydrogen (secondary N) is 2. The largest absolute Gasteiger partial charge is 0.478 e. The first-order chi connectivity index (χ1) is 11.5. The molecule has 0 heterocycles. The summed E-state index contributed by atoms with van der Waals surface area (Å²) in [5.74, 6) is -0.249. The van der Waals surface area contributed by atoms with Gasteiger partial charge >= 0.3 is 12.0 Å². The summed E-state index contributed by atoms with van der Waals surface area (Å²) in [6.45, 7) is 4.32. The maximum absolute atomic E-state index is 11.7. The molecule has 24 heavy (non-hydrogen) atoms. The molecule has 0 aromatic heterocycles. The number of carboxylic acid groups (broad SMARTS) is 1. The Bertz CT molecular complexity index is 726. The zero-order chi connectivity index (χ0) is 17.5. The highest BCUT2D eigenvalue weighted by atomic mass is 16.5. The Hall–Kier alpha value is -3.02. The van der Waals surface area contributed by atoms with Gasteiger partial charge in [-0.15, -0.1) is 0 Å². The number of amides is 2. The molecule has 2 aromatic carbocycles. The van der Waals surface area contributed by atoms with Crippen molar-refractivity contribution in [3.63, 3.8) is 0 Å². The molecule has 0 spiro atoms. The van der Waals surface area contributed by atoms with Gasteiger partial charge in [-0.25, -0.2) is 9.59 Å². The van der Waals surface area contributed by atoms with Crippen LogP contribution in [0.25, 0.3) is 0 Å². The molecule has 6 heteroatoms. The average molecular weight is 328 g/mol. The third kappa shape index (κ3) is 5.01. The molecule has 3 N–H and O–H groups in total. The fraction of sp³-hybridized carbons (Fsp3) is 0.222. The molecule has 2 aromatic rings. The summed E-state index contributed by atoms with van der Waals surface area (Å²) >= 11 is 0. The Kier molecular flexibility index (Phi) is 5.78. The third-order valence-electron chi connectivity index (χ3n) is 3.44. The normalized spacial score (nSPS) is 10.1. The van der Waals surface area contributed by atoms with Gasteiger partial charge in [0.25, 0.3) is 0 Å². The Labute approximate surface area is 140 Å². The lowest BCUT2D eigenvalue weighted by Crippen LogP contribution is -2.37. The van der Waals surface area contributed by atoms with Crippen LogP contribution in [0.4, 0.5) is 4.79 Å². The summed E-state index contributed by atoms with van der Waals surface area (Å²) in [5, 5.41) is 14.1. The van der Waals surface area contributed by atoms with Crippen molar-refractivity contribution in [1.29, 1.82) is 0 Å². The van der Waals surface area contributed by atoms with E-state index in [1.807, 2.05) is 32.0 Å². The summed E-state index contributed by atoms with van der Waals surface area (Å²) in [6, 6.07) is 11.8. The highest BCUT2D eigenvalue weighted by Gasteiger charge is 2.04. The van der Waals surface area contributed by atoms with Crippen LogP contribution in [-0.2, 0) is 6.54 Å². The molecule has 2 amide bonds. The molecule has 0 aliphatic carbocycles. The smallest absolute Gasteiger partial charge is 0.335 e. The molecule has 6 nitrogen and oxygen atoms in total. The highest BCUT2D eigenvalue weighted by molar-refractivity contribution is 5.87. The first-order valence-corrected chi connectivity index (χ1v) is 7.49. The van der Waals surface area contributed by atoms with Crippen LogP contribution in [0, 0.1) is 13.8 Å². The van der Waals surface area contributed by atoms with Crippen LogP contribution in [-0.4, -0.2) is 23.8 Å². The number of aromatic carboxylic acids is 1. The van der Waals surface area contributed by atoms with Crippen molar-refractivity contribution in [2.24, 2.45) is 0 Å².